The van der Waals surface area contributed by atoms with Crippen LogP contribution in [0.2, 0.25) is 0 Å². The van der Waals surface area contributed by atoms with Crippen molar-refractivity contribution in [3.63, 3.8) is 0 Å². The zero-order chi connectivity index (χ0) is 13.0. The third kappa shape index (κ3) is 3.17. The number of nitrogens with one attached hydrogen (secondary N) is 1. The Morgan fingerprint density at radius 2 is 2.17 bits per heavy atom. The molecule has 0 fully saturated rings. The van der Waals surface area contributed by atoms with E-state index in [0.29, 0.717) is 6.61 Å². The highest BCUT2D eigenvalue weighted by Gasteiger charge is 2.17. The Morgan fingerprint density at radius 3 is 2.83 bits per heavy atom. The van der Waals surface area contributed by atoms with Crippen LogP contribution in [0.15, 0.2) is 23.2 Å². The van der Waals surface area contributed by atoms with E-state index >= 15 is 0 Å². The Balaban J connectivity index is 2.20. The third-order valence-corrected chi connectivity index (χ3v) is 2.73. The topological polar surface area (TPSA) is 39.7 Å². The van der Waals surface area contributed by atoms with Crippen molar-refractivity contribution in [1.29, 1.82) is 0 Å². The van der Waals surface area contributed by atoms with Crippen LogP contribution < -0.4 is 19.5 Å². The Kier molecular flexibility index (Phi) is 4.49. The molecule has 0 aromatic heterocycles. The van der Waals surface area contributed by atoms with E-state index in [0.717, 1.165) is 40.4 Å². The van der Waals surface area contributed by atoms with Crippen LogP contribution in [0.5, 0.6) is 17.2 Å². The molecule has 18 heavy (non-hydrogen) atoms. The second-order valence-corrected chi connectivity index (χ2v) is 5.02. The summed E-state index contributed by atoms with van der Waals surface area (Å²) < 4.78 is 17.2. The lowest BCUT2D eigenvalue weighted by Gasteiger charge is -2.12. The van der Waals surface area contributed by atoms with Gasteiger partial charge in [0.15, 0.2) is 11.5 Å². The molecule has 0 aliphatic carbocycles. The molecule has 1 aromatic rings. The summed E-state index contributed by atoms with van der Waals surface area (Å²) in [7, 11) is 0. The van der Waals surface area contributed by atoms with Crippen LogP contribution in [0.4, 0.5) is 0 Å². The van der Waals surface area contributed by atoms with Crippen molar-refractivity contribution < 1.29 is 14.2 Å². The van der Waals surface area contributed by atoms with Gasteiger partial charge in [-0.3, -0.25) is 0 Å². The quantitative estimate of drug-likeness (QED) is 0.876. The van der Waals surface area contributed by atoms with Gasteiger partial charge in [0.25, 0.3) is 0 Å². The second kappa shape index (κ2) is 6.11. The van der Waals surface area contributed by atoms with Gasteiger partial charge in [-0.1, -0.05) is 29.4 Å². The molecule has 98 valence electrons. The Labute approximate surface area is 115 Å². The highest BCUT2D eigenvalue weighted by Crippen LogP contribution is 2.38. The largest absolute Gasteiger partial charge is 0.488 e. The summed E-state index contributed by atoms with van der Waals surface area (Å²) in [6.45, 7) is 8.15. The summed E-state index contributed by atoms with van der Waals surface area (Å²) in [4.78, 5) is 0. The molecule has 0 amide bonds. The maximum Gasteiger partial charge on any atom is 0.231 e. The van der Waals surface area contributed by atoms with Crippen LogP contribution in [-0.4, -0.2) is 19.9 Å². The number of hydrogen-bond donors (Lipinski definition) is 1. The molecule has 1 heterocycles. The molecular formula is C13H16BrNO3. The van der Waals surface area contributed by atoms with E-state index in [1.807, 2.05) is 12.1 Å². The SMILES string of the molecule is C=C(Br)COc1cc2c(cc1CNCC)OCO2. The van der Waals surface area contributed by atoms with Crippen molar-refractivity contribution in [3.05, 3.63) is 28.8 Å². The first kappa shape index (κ1) is 13.2. The van der Waals surface area contributed by atoms with Gasteiger partial charge in [-0.05, 0) is 12.6 Å². The van der Waals surface area contributed by atoms with Crippen LogP contribution in [0.1, 0.15) is 12.5 Å². The highest BCUT2D eigenvalue weighted by atomic mass is 79.9. The van der Waals surface area contributed by atoms with Gasteiger partial charge in [-0.25, -0.2) is 0 Å². The molecule has 5 heteroatoms. The number of rotatable bonds is 6. The van der Waals surface area contributed by atoms with E-state index < -0.39 is 0 Å². The number of ether oxygens (including phenoxy) is 3. The van der Waals surface area contributed by atoms with E-state index in [1.54, 1.807) is 0 Å². The van der Waals surface area contributed by atoms with Crippen LogP contribution in [0.25, 0.3) is 0 Å². The van der Waals surface area contributed by atoms with E-state index in [2.05, 4.69) is 34.7 Å². The van der Waals surface area contributed by atoms with Gasteiger partial charge in [-0.2, -0.15) is 0 Å². The first-order chi connectivity index (χ1) is 8.70. The van der Waals surface area contributed by atoms with Gasteiger partial charge in [0.2, 0.25) is 6.79 Å². The summed E-state index contributed by atoms with van der Waals surface area (Å²) in [5.41, 5.74) is 1.05. The lowest BCUT2D eigenvalue weighted by molar-refractivity contribution is 0.174. The van der Waals surface area contributed by atoms with E-state index in [9.17, 15) is 0 Å². The van der Waals surface area contributed by atoms with Gasteiger partial charge in [0, 0.05) is 22.7 Å². The van der Waals surface area contributed by atoms with Crippen LogP contribution in [0.3, 0.4) is 0 Å². The van der Waals surface area contributed by atoms with Crippen LogP contribution in [0, 0.1) is 0 Å². The number of fused-ring (bicyclic) bond motifs is 1. The molecule has 0 unspecified atom stereocenters. The fourth-order valence-electron chi connectivity index (χ4n) is 1.65. The van der Waals surface area contributed by atoms with Gasteiger partial charge < -0.3 is 19.5 Å². The zero-order valence-electron chi connectivity index (χ0n) is 10.3. The molecule has 0 saturated carbocycles. The van der Waals surface area contributed by atoms with Gasteiger partial charge in [0.05, 0.1) is 0 Å². The average molecular weight is 314 g/mol. The van der Waals surface area contributed by atoms with Crippen molar-refractivity contribution in [2.24, 2.45) is 0 Å². The first-order valence-electron chi connectivity index (χ1n) is 5.80. The third-order valence-electron chi connectivity index (χ3n) is 2.51. The maximum absolute atomic E-state index is 5.70. The molecule has 0 atom stereocenters. The normalized spacial score (nSPS) is 12.6. The van der Waals surface area contributed by atoms with E-state index in [1.165, 1.54) is 0 Å². The fourth-order valence-corrected chi connectivity index (χ4v) is 1.77. The fraction of sp³-hybridized carbons (Fsp3) is 0.385. The van der Waals surface area contributed by atoms with Gasteiger partial charge >= 0.3 is 0 Å². The second-order valence-electron chi connectivity index (χ2n) is 3.90. The summed E-state index contributed by atoms with van der Waals surface area (Å²) in [6, 6.07) is 3.82. The van der Waals surface area contributed by atoms with Crippen LogP contribution >= 0.6 is 15.9 Å². The number of halogens is 1. The molecular weight excluding hydrogens is 298 g/mol. The van der Waals surface area contributed by atoms with Crippen molar-refractivity contribution >= 4 is 15.9 Å². The molecule has 0 radical (unpaired) electrons. The average Bonchev–Trinajstić information content (AvgIpc) is 2.79. The molecule has 0 bridgehead atoms. The molecule has 0 spiro atoms. The standard InChI is InChI=1S/C13H16BrNO3/c1-3-15-6-10-4-12-13(18-8-17-12)5-11(10)16-7-9(2)14/h4-5,15H,2-3,6-8H2,1H3. The van der Waals surface area contributed by atoms with Crippen molar-refractivity contribution in [2.45, 2.75) is 13.5 Å². The Bertz CT molecular complexity index is 448. The predicted octanol–water partition coefficient (Wildman–Crippen LogP) is 2.81. The highest BCUT2D eigenvalue weighted by molar-refractivity contribution is 9.11. The summed E-state index contributed by atoms with van der Waals surface area (Å²) >= 11 is 3.28. The lowest BCUT2D eigenvalue weighted by Crippen LogP contribution is -2.13. The number of hydrogen-bond acceptors (Lipinski definition) is 4. The minimum Gasteiger partial charge on any atom is -0.488 e. The Hall–Kier alpha value is -1.20. The predicted molar refractivity (Wildman–Crippen MR) is 73.5 cm³/mol. The molecule has 4 nitrogen and oxygen atoms in total. The summed E-state index contributed by atoms with van der Waals surface area (Å²) in [5, 5.41) is 3.27. The minimum absolute atomic E-state index is 0.268. The first-order valence-corrected chi connectivity index (χ1v) is 6.59. The molecule has 0 saturated heterocycles. The zero-order valence-corrected chi connectivity index (χ0v) is 11.9. The van der Waals surface area contributed by atoms with Gasteiger partial charge in [0.1, 0.15) is 12.4 Å². The monoisotopic (exact) mass is 313 g/mol. The molecule has 2 rings (SSSR count). The molecule has 1 aromatic carbocycles. The summed E-state index contributed by atoms with van der Waals surface area (Å²) in [6.07, 6.45) is 0. The van der Waals surface area contributed by atoms with E-state index in [-0.39, 0.29) is 6.79 Å². The van der Waals surface area contributed by atoms with Crippen molar-refractivity contribution in [2.75, 3.05) is 19.9 Å². The van der Waals surface area contributed by atoms with Crippen LogP contribution in [-0.2, 0) is 6.54 Å². The maximum atomic E-state index is 5.70. The molecule has 1 aliphatic rings. The van der Waals surface area contributed by atoms with E-state index in [4.69, 9.17) is 14.2 Å². The summed E-state index contributed by atoms with van der Waals surface area (Å²) in [5.74, 6) is 2.29. The number of benzene rings is 1. The molecule has 1 N–H and O–H groups in total. The molecule has 1 aliphatic heterocycles. The van der Waals surface area contributed by atoms with Crippen molar-refractivity contribution in [3.8, 4) is 17.2 Å². The van der Waals surface area contributed by atoms with Gasteiger partial charge in [-0.15, -0.1) is 0 Å². The smallest absolute Gasteiger partial charge is 0.231 e. The minimum atomic E-state index is 0.268. The Morgan fingerprint density at radius 1 is 1.44 bits per heavy atom. The van der Waals surface area contributed by atoms with Crippen molar-refractivity contribution in [1.82, 2.24) is 5.32 Å². The lowest BCUT2D eigenvalue weighted by atomic mass is 10.1.